The molecule has 6 nitrogen and oxygen atoms in total. The van der Waals surface area contributed by atoms with Gasteiger partial charge in [0, 0.05) is 80.5 Å². The third kappa shape index (κ3) is 12.2. The Bertz CT molecular complexity index is 5540. The number of para-hydroxylation sites is 1. The summed E-state index contributed by atoms with van der Waals surface area (Å²) in [7, 11) is 0. The number of nitrogens with zero attached hydrogens (tertiary/aromatic N) is 6. The maximum atomic E-state index is 5.19. The Hall–Kier alpha value is -12.9. The first-order valence-corrected chi connectivity index (χ1v) is 32.3. The maximum Gasteiger partial charge on any atom is 0.0795 e. The standard InChI is InChI=1S/C47H31N3.C43H29N3/c1-3-9-32(10-4-1)34-16-18-36(19-17-34)39-24-27-45-43(29-39)42(30-46(50-45)37-22-20-35(21-23-37)33-11-5-2-6-12-33)40-25-26-44(49-31-40)41-15-7-13-38-14-8-28-48-47(38)41;1-3-8-30(9-4-1)32-13-15-34(16-14-32)36-21-24-42-40(26-36)39(37-22-23-41(45-29-37)38-12-7-25-44-28-38)27-43(46-42)35-19-17-33(18-20-35)31-10-5-2-6-11-31/h1-31H;1-29H. The molecule has 450 valence electrons. The van der Waals surface area contributed by atoms with E-state index in [1.807, 2.05) is 67.3 Å². The van der Waals surface area contributed by atoms with E-state index < -0.39 is 0 Å². The predicted molar refractivity (Wildman–Crippen MR) is 397 cm³/mol. The highest BCUT2D eigenvalue weighted by Crippen LogP contribution is 2.40. The normalized spacial score (nSPS) is 11.1. The van der Waals surface area contributed by atoms with Gasteiger partial charge in [0.15, 0.2) is 0 Å². The highest BCUT2D eigenvalue weighted by atomic mass is 14.7. The molecule has 17 aromatic rings. The summed E-state index contributed by atoms with van der Waals surface area (Å²) in [5.74, 6) is 0. The van der Waals surface area contributed by atoms with Crippen molar-refractivity contribution in [2.45, 2.75) is 0 Å². The fourth-order valence-electron chi connectivity index (χ4n) is 12.7. The Labute approximate surface area is 558 Å². The summed E-state index contributed by atoms with van der Waals surface area (Å²) in [6.07, 6.45) is 9.40. The monoisotopic (exact) mass is 1220 g/mol. The first-order valence-electron chi connectivity index (χ1n) is 32.3. The Kier molecular flexibility index (Phi) is 16.0. The average molecular weight is 1230 g/mol. The van der Waals surface area contributed by atoms with Gasteiger partial charge in [0.05, 0.1) is 39.3 Å². The molecular formula is C90H60N6. The summed E-state index contributed by atoms with van der Waals surface area (Å²) in [5, 5.41) is 3.27. The summed E-state index contributed by atoms with van der Waals surface area (Å²) < 4.78 is 0. The van der Waals surface area contributed by atoms with Crippen LogP contribution in [0.15, 0.2) is 365 Å². The van der Waals surface area contributed by atoms with Crippen LogP contribution in [0, 0.1) is 0 Å². The largest absolute Gasteiger partial charge is 0.264 e. The molecule has 0 unspecified atom stereocenters. The Balaban J connectivity index is 0.000000152. The van der Waals surface area contributed by atoms with E-state index in [0.29, 0.717) is 0 Å². The summed E-state index contributed by atoms with van der Waals surface area (Å²) in [6.45, 7) is 0. The van der Waals surface area contributed by atoms with E-state index in [1.165, 1.54) is 44.5 Å². The molecule has 0 spiro atoms. The molecule has 0 aliphatic rings. The highest BCUT2D eigenvalue weighted by molar-refractivity contribution is 6.01. The van der Waals surface area contributed by atoms with Gasteiger partial charge < -0.3 is 0 Å². The highest BCUT2D eigenvalue weighted by Gasteiger charge is 2.17. The molecule has 0 fully saturated rings. The van der Waals surface area contributed by atoms with Crippen LogP contribution in [0.3, 0.4) is 0 Å². The minimum Gasteiger partial charge on any atom is -0.264 e. The first kappa shape index (κ1) is 58.2. The fourth-order valence-corrected chi connectivity index (χ4v) is 12.7. The van der Waals surface area contributed by atoms with Crippen LogP contribution in [-0.4, -0.2) is 29.9 Å². The average Bonchev–Trinajstić information content (AvgIpc) is 0.820. The number of hydrogen-bond donors (Lipinski definition) is 0. The summed E-state index contributed by atoms with van der Waals surface area (Å²) in [6, 6.07) is 117. The number of aromatic nitrogens is 6. The van der Waals surface area contributed by atoms with Crippen LogP contribution in [0.5, 0.6) is 0 Å². The second-order valence-electron chi connectivity index (χ2n) is 23.8. The summed E-state index contributed by atoms with van der Waals surface area (Å²) in [5.41, 5.74) is 29.1. The molecule has 0 atom stereocenters. The summed E-state index contributed by atoms with van der Waals surface area (Å²) >= 11 is 0. The zero-order valence-corrected chi connectivity index (χ0v) is 52.3. The van der Waals surface area contributed by atoms with E-state index >= 15 is 0 Å². The SMILES string of the molecule is c1ccc(-c2ccc(-c3ccc4nc(-c5ccc(-c6ccccc6)cc5)cc(-c5ccc(-c6cccc7cccnc67)nc5)c4c3)cc2)cc1.c1ccc(-c2ccc(-c3ccc4nc(-c5ccc(-c6ccccc6)cc5)cc(-c5ccc(-c6cccnc6)nc5)c4c3)cc2)cc1. The Morgan fingerprint density at radius 1 is 0.188 bits per heavy atom. The molecule has 0 N–H and O–H groups in total. The van der Waals surface area contributed by atoms with Gasteiger partial charge in [0.1, 0.15) is 0 Å². The topological polar surface area (TPSA) is 77.3 Å². The third-order valence-corrected chi connectivity index (χ3v) is 17.9. The predicted octanol–water partition coefficient (Wildman–Crippen LogP) is 23.2. The third-order valence-electron chi connectivity index (χ3n) is 17.9. The van der Waals surface area contributed by atoms with Crippen molar-refractivity contribution < 1.29 is 0 Å². The van der Waals surface area contributed by atoms with Crippen LogP contribution in [-0.2, 0) is 0 Å². The molecule has 0 saturated carbocycles. The van der Waals surface area contributed by atoms with Gasteiger partial charge >= 0.3 is 0 Å². The lowest BCUT2D eigenvalue weighted by Crippen LogP contribution is -1.93. The van der Waals surface area contributed by atoms with Crippen molar-refractivity contribution in [3.63, 3.8) is 0 Å². The molecule has 0 aliphatic heterocycles. The van der Waals surface area contributed by atoms with Crippen LogP contribution in [0.2, 0.25) is 0 Å². The second kappa shape index (κ2) is 26.4. The van der Waals surface area contributed by atoms with Crippen LogP contribution < -0.4 is 0 Å². The molecule has 6 aromatic heterocycles. The number of hydrogen-bond acceptors (Lipinski definition) is 6. The van der Waals surface area contributed by atoms with E-state index in [-0.39, 0.29) is 0 Å². The van der Waals surface area contributed by atoms with Crippen molar-refractivity contribution in [1.82, 2.24) is 29.9 Å². The molecule has 6 heteroatoms. The van der Waals surface area contributed by atoms with E-state index in [0.717, 1.165) is 122 Å². The van der Waals surface area contributed by atoms with Crippen LogP contribution >= 0.6 is 0 Å². The molecule has 0 radical (unpaired) electrons. The van der Waals surface area contributed by atoms with Crippen molar-refractivity contribution in [2.24, 2.45) is 0 Å². The second-order valence-corrected chi connectivity index (χ2v) is 23.8. The van der Waals surface area contributed by atoms with Gasteiger partial charge in [-0.05, 0) is 145 Å². The van der Waals surface area contributed by atoms with Crippen LogP contribution in [0.1, 0.15) is 0 Å². The van der Waals surface area contributed by atoms with Crippen LogP contribution in [0.25, 0.3) is 167 Å². The number of benzene rings is 11. The van der Waals surface area contributed by atoms with Crippen molar-refractivity contribution >= 4 is 32.7 Å². The number of fused-ring (bicyclic) bond motifs is 3. The molecule has 11 aromatic carbocycles. The fraction of sp³-hybridized carbons (Fsp3) is 0. The van der Waals surface area contributed by atoms with Crippen molar-refractivity contribution in [3.8, 4) is 134 Å². The number of rotatable bonds is 12. The Morgan fingerprint density at radius 3 is 0.948 bits per heavy atom. The minimum atomic E-state index is 0.895. The zero-order chi connectivity index (χ0) is 64.0. The molecule has 6 heterocycles. The van der Waals surface area contributed by atoms with E-state index in [1.54, 1.807) is 6.20 Å². The van der Waals surface area contributed by atoms with Gasteiger partial charge in [-0.3, -0.25) is 19.9 Å². The summed E-state index contributed by atoms with van der Waals surface area (Å²) in [4.78, 5) is 29.1. The quantitative estimate of drug-likeness (QED) is 0.121. The van der Waals surface area contributed by atoms with Crippen LogP contribution in [0.4, 0.5) is 0 Å². The van der Waals surface area contributed by atoms with Crippen molar-refractivity contribution in [3.05, 3.63) is 365 Å². The van der Waals surface area contributed by atoms with Crippen molar-refractivity contribution in [1.29, 1.82) is 0 Å². The zero-order valence-electron chi connectivity index (χ0n) is 52.3. The molecule has 0 saturated heterocycles. The van der Waals surface area contributed by atoms with E-state index in [2.05, 4.69) is 301 Å². The first-order chi connectivity index (χ1) is 47.5. The lowest BCUT2D eigenvalue weighted by Gasteiger charge is -2.13. The van der Waals surface area contributed by atoms with E-state index in [9.17, 15) is 0 Å². The molecule has 0 amide bonds. The van der Waals surface area contributed by atoms with Gasteiger partial charge in [-0.25, -0.2) is 9.97 Å². The molecule has 0 aliphatic carbocycles. The van der Waals surface area contributed by atoms with Crippen molar-refractivity contribution in [2.75, 3.05) is 0 Å². The minimum absolute atomic E-state index is 0.895. The molecule has 0 bridgehead atoms. The van der Waals surface area contributed by atoms with Gasteiger partial charge in [0.25, 0.3) is 0 Å². The molecule has 96 heavy (non-hydrogen) atoms. The molecule has 17 rings (SSSR count). The molecular weight excluding hydrogens is 1170 g/mol. The van der Waals surface area contributed by atoms with Gasteiger partial charge in [-0.15, -0.1) is 0 Å². The lowest BCUT2D eigenvalue weighted by molar-refractivity contribution is 1.28. The lowest BCUT2D eigenvalue weighted by atomic mass is 9.94. The Morgan fingerprint density at radius 2 is 0.542 bits per heavy atom. The smallest absolute Gasteiger partial charge is 0.0795 e. The van der Waals surface area contributed by atoms with Gasteiger partial charge in [0.2, 0.25) is 0 Å². The maximum absolute atomic E-state index is 5.19. The van der Waals surface area contributed by atoms with Gasteiger partial charge in [-0.2, -0.15) is 0 Å². The number of pyridine rings is 6. The van der Waals surface area contributed by atoms with Gasteiger partial charge in [-0.1, -0.05) is 267 Å². The van der Waals surface area contributed by atoms with E-state index in [4.69, 9.17) is 19.9 Å².